The zero-order valence-electron chi connectivity index (χ0n) is 27.8. The molecule has 2 aromatic rings. The lowest BCUT2D eigenvalue weighted by Crippen LogP contribution is -2.45. The number of likely N-dealkylation sites (tertiary alicyclic amines) is 1. The molecule has 2 atom stereocenters. The number of methoxy groups -OCH3 is 2. The van der Waals surface area contributed by atoms with E-state index in [0.29, 0.717) is 49.8 Å². The molecule has 4 rings (SSSR count). The van der Waals surface area contributed by atoms with Gasteiger partial charge in [0.15, 0.2) is 6.29 Å². The summed E-state index contributed by atoms with van der Waals surface area (Å²) >= 11 is 0. The quantitative estimate of drug-likeness (QED) is 0.176. The molecule has 1 saturated heterocycles. The molecule has 2 unspecified atom stereocenters. The maximum Gasteiger partial charge on any atom is 0.225 e. The van der Waals surface area contributed by atoms with Crippen LogP contribution in [0.3, 0.4) is 0 Å². The van der Waals surface area contributed by atoms with Crippen molar-refractivity contribution in [3.8, 4) is 5.75 Å². The minimum atomic E-state index is -0.429. The van der Waals surface area contributed by atoms with E-state index < -0.39 is 6.29 Å². The zero-order valence-corrected chi connectivity index (χ0v) is 27.8. The van der Waals surface area contributed by atoms with Gasteiger partial charge in [0.2, 0.25) is 5.91 Å². The van der Waals surface area contributed by atoms with Crippen LogP contribution in [-0.4, -0.2) is 86.8 Å². The van der Waals surface area contributed by atoms with Crippen LogP contribution in [0.15, 0.2) is 48.5 Å². The van der Waals surface area contributed by atoms with E-state index in [1.54, 1.807) is 14.2 Å². The second-order valence-corrected chi connectivity index (χ2v) is 13.1. The van der Waals surface area contributed by atoms with E-state index in [-0.39, 0.29) is 11.3 Å². The van der Waals surface area contributed by atoms with Gasteiger partial charge in [0.05, 0.1) is 26.2 Å². The molecule has 7 heteroatoms. The summed E-state index contributed by atoms with van der Waals surface area (Å²) in [4.78, 5) is 17.8. The Hall–Kier alpha value is -2.45. The standard InChI is InChI=1S/C37H56N2O5/c1-6-30-11-10-12-31(30)26-39(27-36(42-4)43-5)35(41)18-24-44-23-17-29-15-16-34(40)33(25-29)37(32-13-8-7-9-14-32)19-21-38(22-20-37)28(2)3/h7-9,13-16,25,28,30-31,36,40H,6,10-12,17-24,26-27H2,1-5H3. The Morgan fingerprint density at radius 3 is 2.39 bits per heavy atom. The van der Waals surface area contributed by atoms with Gasteiger partial charge in [0.1, 0.15) is 5.75 Å². The molecule has 1 heterocycles. The predicted octanol–water partition coefficient (Wildman–Crippen LogP) is 6.41. The number of rotatable bonds is 16. The van der Waals surface area contributed by atoms with Crippen LogP contribution in [-0.2, 0) is 30.8 Å². The number of nitrogens with zero attached hydrogens (tertiary/aromatic N) is 2. The first-order valence-electron chi connectivity index (χ1n) is 16.8. The van der Waals surface area contributed by atoms with Crippen molar-refractivity contribution in [1.29, 1.82) is 0 Å². The highest BCUT2D eigenvalue weighted by atomic mass is 16.7. The molecule has 244 valence electrons. The van der Waals surface area contributed by atoms with Crippen molar-refractivity contribution in [2.45, 2.75) is 89.9 Å². The minimum absolute atomic E-state index is 0.0929. The number of carbonyl (C=O) groups is 1. The van der Waals surface area contributed by atoms with Crippen molar-refractivity contribution < 1.29 is 24.1 Å². The molecule has 2 aliphatic rings. The molecule has 2 aromatic carbocycles. The molecule has 1 amide bonds. The normalized spacial score (nSPS) is 20.4. The Kier molecular flexibility index (Phi) is 13.1. The molecule has 7 nitrogen and oxygen atoms in total. The highest BCUT2D eigenvalue weighted by molar-refractivity contribution is 5.76. The number of hydrogen-bond donors (Lipinski definition) is 1. The predicted molar refractivity (Wildman–Crippen MR) is 176 cm³/mol. The van der Waals surface area contributed by atoms with Crippen molar-refractivity contribution in [3.63, 3.8) is 0 Å². The average Bonchev–Trinajstić information content (AvgIpc) is 3.51. The molecule has 1 N–H and O–H groups in total. The van der Waals surface area contributed by atoms with Crippen LogP contribution < -0.4 is 0 Å². The molecule has 0 radical (unpaired) electrons. The minimum Gasteiger partial charge on any atom is -0.508 e. The number of hydrogen-bond acceptors (Lipinski definition) is 6. The summed E-state index contributed by atoms with van der Waals surface area (Å²) in [7, 11) is 3.24. The lowest BCUT2D eigenvalue weighted by Gasteiger charge is -2.44. The van der Waals surface area contributed by atoms with Crippen LogP contribution >= 0.6 is 0 Å². The number of phenols is 1. The summed E-state index contributed by atoms with van der Waals surface area (Å²) in [5, 5.41) is 11.1. The van der Waals surface area contributed by atoms with E-state index in [1.165, 1.54) is 24.8 Å². The molecular formula is C37H56N2O5. The first kappa shape index (κ1) is 34.4. The molecule has 1 aliphatic heterocycles. The summed E-state index contributed by atoms with van der Waals surface area (Å²) in [5.41, 5.74) is 3.20. The van der Waals surface area contributed by atoms with Crippen molar-refractivity contribution >= 4 is 5.91 Å². The maximum absolute atomic E-state index is 13.3. The number of phenolic OH excluding ortho intramolecular Hbond substituents is 1. The maximum atomic E-state index is 13.3. The molecule has 0 bridgehead atoms. The van der Waals surface area contributed by atoms with Crippen molar-refractivity contribution in [2.75, 3.05) is 53.6 Å². The Morgan fingerprint density at radius 2 is 1.73 bits per heavy atom. The van der Waals surface area contributed by atoms with Crippen molar-refractivity contribution in [3.05, 3.63) is 65.2 Å². The van der Waals surface area contributed by atoms with E-state index >= 15 is 0 Å². The topological polar surface area (TPSA) is 71.5 Å². The van der Waals surface area contributed by atoms with Gasteiger partial charge in [-0.25, -0.2) is 0 Å². The smallest absolute Gasteiger partial charge is 0.225 e. The van der Waals surface area contributed by atoms with Crippen molar-refractivity contribution in [1.82, 2.24) is 9.80 Å². The lowest BCUT2D eigenvalue weighted by atomic mass is 9.67. The molecule has 0 spiro atoms. The van der Waals surface area contributed by atoms with E-state index in [0.717, 1.165) is 56.4 Å². The van der Waals surface area contributed by atoms with Gasteiger partial charge in [-0.1, -0.05) is 68.7 Å². The van der Waals surface area contributed by atoms with Gasteiger partial charge in [0.25, 0.3) is 0 Å². The third-order valence-corrected chi connectivity index (χ3v) is 10.3. The van der Waals surface area contributed by atoms with Gasteiger partial charge >= 0.3 is 0 Å². The number of amides is 1. The fraction of sp³-hybridized carbons (Fsp3) is 0.649. The number of carbonyl (C=O) groups excluding carboxylic acids is 1. The van der Waals surface area contributed by atoms with E-state index in [9.17, 15) is 9.90 Å². The highest BCUT2D eigenvalue weighted by Gasteiger charge is 2.40. The first-order valence-corrected chi connectivity index (χ1v) is 16.8. The molecule has 0 aromatic heterocycles. The zero-order chi connectivity index (χ0) is 31.5. The van der Waals surface area contributed by atoms with Gasteiger partial charge in [-0.2, -0.15) is 0 Å². The van der Waals surface area contributed by atoms with Gasteiger partial charge in [-0.05, 0) is 81.6 Å². The largest absolute Gasteiger partial charge is 0.508 e. The van der Waals surface area contributed by atoms with E-state index in [2.05, 4.69) is 62.1 Å². The van der Waals surface area contributed by atoms with Gasteiger partial charge in [-0.15, -0.1) is 0 Å². The molecule has 1 aliphatic carbocycles. The van der Waals surface area contributed by atoms with Crippen LogP contribution in [0.4, 0.5) is 0 Å². The van der Waals surface area contributed by atoms with Crippen LogP contribution in [0.2, 0.25) is 0 Å². The SMILES string of the molecule is CCC1CCCC1CN(CC(OC)OC)C(=O)CCOCCc1ccc(O)c(C2(c3ccccc3)CCN(C(C)C)CC2)c1. The fourth-order valence-electron chi connectivity index (χ4n) is 7.50. The van der Waals surface area contributed by atoms with Crippen LogP contribution in [0, 0.1) is 11.8 Å². The Labute approximate surface area is 265 Å². The highest BCUT2D eigenvalue weighted by Crippen LogP contribution is 2.45. The Morgan fingerprint density at radius 1 is 1.02 bits per heavy atom. The van der Waals surface area contributed by atoms with E-state index in [4.69, 9.17) is 14.2 Å². The number of piperidine rings is 1. The monoisotopic (exact) mass is 608 g/mol. The second kappa shape index (κ2) is 16.7. The molecule has 1 saturated carbocycles. The third kappa shape index (κ3) is 8.63. The molecule has 2 fully saturated rings. The Balaban J connectivity index is 1.36. The fourth-order valence-corrected chi connectivity index (χ4v) is 7.50. The summed E-state index contributed by atoms with van der Waals surface area (Å²) in [6, 6.07) is 17.2. The molecular weight excluding hydrogens is 552 g/mol. The van der Waals surface area contributed by atoms with Gasteiger partial charge in [-0.3, -0.25) is 4.79 Å². The second-order valence-electron chi connectivity index (χ2n) is 13.1. The summed E-state index contributed by atoms with van der Waals surface area (Å²) < 4.78 is 16.9. The summed E-state index contributed by atoms with van der Waals surface area (Å²) in [6.45, 7) is 10.9. The number of benzene rings is 2. The average molecular weight is 609 g/mol. The van der Waals surface area contributed by atoms with Gasteiger partial charge < -0.3 is 29.1 Å². The van der Waals surface area contributed by atoms with Crippen LogP contribution in [0.1, 0.15) is 82.4 Å². The lowest BCUT2D eigenvalue weighted by molar-refractivity contribution is -0.147. The third-order valence-electron chi connectivity index (χ3n) is 10.3. The van der Waals surface area contributed by atoms with E-state index in [1.807, 2.05) is 17.0 Å². The first-order chi connectivity index (χ1) is 21.3. The summed E-state index contributed by atoms with van der Waals surface area (Å²) in [6.07, 6.45) is 7.41. The summed E-state index contributed by atoms with van der Waals surface area (Å²) in [5.74, 6) is 1.68. The van der Waals surface area contributed by atoms with Crippen LogP contribution in [0.25, 0.3) is 0 Å². The van der Waals surface area contributed by atoms with Gasteiger partial charge in [0, 0.05) is 37.8 Å². The number of aromatic hydroxyl groups is 1. The Bertz CT molecular complexity index is 1140. The van der Waals surface area contributed by atoms with Crippen LogP contribution in [0.5, 0.6) is 5.75 Å². The van der Waals surface area contributed by atoms with Crippen molar-refractivity contribution in [2.24, 2.45) is 11.8 Å². The molecule has 44 heavy (non-hydrogen) atoms. The number of ether oxygens (including phenoxy) is 3.